The molecule has 0 heterocycles. The minimum absolute atomic E-state index is 0.237. The van der Waals surface area contributed by atoms with Crippen LogP contribution in [-0.4, -0.2) is 23.0 Å². The standard InChI is InChI=1S/C16H15ClN2O3/c17-12-5-3-11(4-6-12)15(20)19-13-7-1-10(2-8-13)9-14(18)16(21)22/h1-8,14H,9,18H2,(H,19,20)(H,21,22)/t14-/m1/s1. The van der Waals surface area contributed by atoms with E-state index in [-0.39, 0.29) is 12.3 Å². The number of benzene rings is 2. The maximum Gasteiger partial charge on any atom is 0.320 e. The van der Waals surface area contributed by atoms with Crippen molar-refractivity contribution in [3.8, 4) is 0 Å². The fraction of sp³-hybridized carbons (Fsp3) is 0.125. The normalized spacial score (nSPS) is 11.7. The summed E-state index contributed by atoms with van der Waals surface area (Å²) in [6.07, 6.45) is 0.237. The van der Waals surface area contributed by atoms with Crippen LogP contribution in [0.15, 0.2) is 48.5 Å². The smallest absolute Gasteiger partial charge is 0.320 e. The molecule has 2 rings (SSSR count). The first-order chi connectivity index (χ1) is 10.5. The number of nitrogens with one attached hydrogen (secondary N) is 1. The molecule has 0 saturated heterocycles. The summed E-state index contributed by atoms with van der Waals surface area (Å²) in [5, 5.41) is 12.1. The predicted octanol–water partition coefficient (Wildman–Crippen LogP) is 2.55. The lowest BCUT2D eigenvalue weighted by atomic mass is 10.1. The van der Waals surface area contributed by atoms with Gasteiger partial charge in [0.2, 0.25) is 0 Å². The van der Waals surface area contributed by atoms with Crippen LogP contribution >= 0.6 is 11.6 Å². The number of hydrogen-bond donors (Lipinski definition) is 3. The molecule has 2 aromatic rings. The van der Waals surface area contributed by atoms with Gasteiger partial charge in [-0.05, 0) is 48.4 Å². The highest BCUT2D eigenvalue weighted by atomic mass is 35.5. The summed E-state index contributed by atoms with van der Waals surface area (Å²) in [6.45, 7) is 0. The lowest BCUT2D eigenvalue weighted by molar-refractivity contribution is -0.138. The lowest BCUT2D eigenvalue weighted by Gasteiger charge is -2.09. The van der Waals surface area contributed by atoms with Crippen molar-refractivity contribution >= 4 is 29.2 Å². The fourth-order valence-electron chi connectivity index (χ4n) is 1.87. The van der Waals surface area contributed by atoms with E-state index in [0.717, 1.165) is 5.56 Å². The fourth-order valence-corrected chi connectivity index (χ4v) is 2.00. The molecule has 4 N–H and O–H groups in total. The van der Waals surface area contributed by atoms with Gasteiger partial charge >= 0.3 is 5.97 Å². The van der Waals surface area contributed by atoms with Crippen molar-refractivity contribution in [2.24, 2.45) is 5.73 Å². The Balaban J connectivity index is 2.00. The van der Waals surface area contributed by atoms with Crippen LogP contribution in [0.1, 0.15) is 15.9 Å². The van der Waals surface area contributed by atoms with E-state index in [9.17, 15) is 9.59 Å². The number of halogens is 1. The minimum Gasteiger partial charge on any atom is -0.480 e. The lowest BCUT2D eigenvalue weighted by Crippen LogP contribution is -2.32. The average molecular weight is 319 g/mol. The topological polar surface area (TPSA) is 92.4 Å². The van der Waals surface area contributed by atoms with Gasteiger partial charge in [-0.25, -0.2) is 0 Å². The molecule has 0 aromatic heterocycles. The van der Waals surface area contributed by atoms with Crippen LogP contribution in [0.25, 0.3) is 0 Å². The van der Waals surface area contributed by atoms with Crippen molar-refractivity contribution in [3.05, 3.63) is 64.7 Å². The van der Waals surface area contributed by atoms with E-state index >= 15 is 0 Å². The van der Waals surface area contributed by atoms with Crippen LogP contribution in [0.3, 0.4) is 0 Å². The summed E-state index contributed by atoms with van der Waals surface area (Å²) in [6, 6.07) is 12.5. The Morgan fingerprint density at radius 3 is 2.23 bits per heavy atom. The number of carbonyl (C=O) groups is 2. The molecule has 22 heavy (non-hydrogen) atoms. The Kier molecular flexibility index (Phi) is 5.14. The van der Waals surface area contributed by atoms with Gasteiger partial charge in [0.25, 0.3) is 5.91 Å². The highest BCUT2D eigenvalue weighted by molar-refractivity contribution is 6.30. The zero-order valence-electron chi connectivity index (χ0n) is 11.6. The number of carboxylic acids is 1. The second kappa shape index (κ2) is 7.06. The maximum atomic E-state index is 12.0. The second-order valence-corrected chi connectivity index (χ2v) is 5.24. The third-order valence-electron chi connectivity index (χ3n) is 3.09. The van der Waals surface area contributed by atoms with Crippen LogP contribution in [0, 0.1) is 0 Å². The third-order valence-corrected chi connectivity index (χ3v) is 3.34. The molecule has 6 heteroatoms. The highest BCUT2D eigenvalue weighted by Crippen LogP contribution is 2.14. The van der Waals surface area contributed by atoms with Crippen molar-refractivity contribution in [1.29, 1.82) is 0 Å². The molecule has 0 unspecified atom stereocenters. The Hall–Kier alpha value is -2.37. The van der Waals surface area contributed by atoms with E-state index in [4.69, 9.17) is 22.4 Å². The molecule has 0 spiro atoms. The Morgan fingerprint density at radius 2 is 1.68 bits per heavy atom. The number of rotatable bonds is 5. The zero-order valence-corrected chi connectivity index (χ0v) is 12.4. The molecule has 1 amide bonds. The van der Waals surface area contributed by atoms with Gasteiger partial charge < -0.3 is 16.2 Å². The first-order valence-electron chi connectivity index (χ1n) is 6.60. The molecule has 0 radical (unpaired) electrons. The van der Waals surface area contributed by atoms with Crippen molar-refractivity contribution < 1.29 is 14.7 Å². The summed E-state index contributed by atoms with van der Waals surface area (Å²) in [4.78, 5) is 22.7. The summed E-state index contributed by atoms with van der Waals surface area (Å²) < 4.78 is 0. The van der Waals surface area contributed by atoms with E-state index in [2.05, 4.69) is 5.32 Å². The van der Waals surface area contributed by atoms with Crippen LogP contribution in [-0.2, 0) is 11.2 Å². The average Bonchev–Trinajstić information content (AvgIpc) is 2.49. The van der Waals surface area contributed by atoms with Crippen LogP contribution < -0.4 is 11.1 Å². The van der Waals surface area contributed by atoms with Gasteiger partial charge in [-0.3, -0.25) is 9.59 Å². The molecule has 2 aromatic carbocycles. The minimum atomic E-state index is -1.04. The predicted molar refractivity (Wildman–Crippen MR) is 85.2 cm³/mol. The van der Waals surface area contributed by atoms with E-state index in [1.165, 1.54) is 0 Å². The van der Waals surface area contributed by atoms with Gasteiger partial charge in [-0.1, -0.05) is 23.7 Å². The van der Waals surface area contributed by atoms with Crippen molar-refractivity contribution in [3.63, 3.8) is 0 Å². The molecule has 0 aliphatic carbocycles. The van der Waals surface area contributed by atoms with Gasteiger partial charge in [0, 0.05) is 16.3 Å². The van der Waals surface area contributed by atoms with Crippen molar-refractivity contribution in [2.45, 2.75) is 12.5 Å². The molecule has 0 fully saturated rings. The number of aliphatic carboxylic acids is 1. The highest BCUT2D eigenvalue weighted by Gasteiger charge is 2.12. The summed E-state index contributed by atoms with van der Waals surface area (Å²) in [5.74, 6) is -1.29. The summed E-state index contributed by atoms with van der Waals surface area (Å²) in [5.41, 5.74) is 7.39. The van der Waals surface area contributed by atoms with Crippen LogP contribution in [0.5, 0.6) is 0 Å². The molecular formula is C16H15ClN2O3. The van der Waals surface area contributed by atoms with E-state index in [1.807, 2.05) is 0 Å². The van der Waals surface area contributed by atoms with Gasteiger partial charge in [-0.15, -0.1) is 0 Å². The Bertz CT molecular complexity index is 669. The number of nitrogens with two attached hydrogens (primary N) is 1. The van der Waals surface area contributed by atoms with Gasteiger partial charge in [-0.2, -0.15) is 0 Å². The van der Waals surface area contributed by atoms with E-state index < -0.39 is 12.0 Å². The molecule has 0 aliphatic rings. The molecule has 0 bridgehead atoms. The Labute approximate surface area is 132 Å². The van der Waals surface area contributed by atoms with E-state index in [0.29, 0.717) is 16.3 Å². The van der Waals surface area contributed by atoms with Crippen LogP contribution in [0.2, 0.25) is 5.02 Å². The molecule has 114 valence electrons. The largest absolute Gasteiger partial charge is 0.480 e. The number of hydrogen-bond acceptors (Lipinski definition) is 3. The van der Waals surface area contributed by atoms with Gasteiger partial charge in [0.15, 0.2) is 0 Å². The third kappa shape index (κ3) is 4.31. The molecule has 0 aliphatic heterocycles. The van der Waals surface area contributed by atoms with E-state index in [1.54, 1.807) is 48.5 Å². The molecule has 5 nitrogen and oxygen atoms in total. The first-order valence-corrected chi connectivity index (χ1v) is 6.98. The second-order valence-electron chi connectivity index (χ2n) is 4.81. The summed E-state index contributed by atoms with van der Waals surface area (Å²) >= 11 is 5.77. The molecule has 1 atom stereocenters. The monoisotopic (exact) mass is 318 g/mol. The number of carbonyl (C=O) groups excluding carboxylic acids is 1. The number of amides is 1. The zero-order chi connectivity index (χ0) is 16.1. The molecule has 0 saturated carbocycles. The summed E-state index contributed by atoms with van der Waals surface area (Å²) in [7, 11) is 0. The molecular weight excluding hydrogens is 304 g/mol. The van der Waals surface area contributed by atoms with Crippen molar-refractivity contribution in [1.82, 2.24) is 0 Å². The van der Waals surface area contributed by atoms with Gasteiger partial charge in [0.05, 0.1) is 0 Å². The SMILES string of the molecule is N[C@H](Cc1ccc(NC(=O)c2ccc(Cl)cc2)cc1)C(=O)O. The van der Waals surface area contributed by atoms with Gasteiger partial charge in [0.1, 0.15) is 6.04 Å². The van der Waals surface area contributed by atoms with Crippen molar-refractivity contribution in [2.75, 3.05) is 5.32 Å². The maximum absolute atomic E-state index is 12.0. The number of carboxylic acid groups (broad SMARTS) is 1. The van der Waals surface area contributed by atoms with Crippen LogP contribution in [0.4, 0.5) is 5.69 Å². The Morgan fingerprint density at radius 1 is 1.09 bits per heavy atom. The number of anilines is 1. The quantitative estimate of drug-likeness (QED) is 0.790. The first kappa shape index (κ1) is 16.0.